The molecule has 0 aliphatic rings. The Balaban J connectivity index is 2.55. The summed E-state index contributed by atoms with van der Waals surface area (Å²) < 4.78 is 23.8. The lowest BCUT2D eigenvalue weighted by molar-refractivity contribution is -0.435. The van der Waals surface area contributed by atoms with Crippen LogP contribution < -0.4 is 4.98 Å². The van der Waals surface area contributed by atoms with Crippen molar-refractivity contribution in [1.82, 2.24) is 9.97 Å². The second kappa shape index (κ2) is 3.74. The first kappa shape index (κ1) is 9.72. The molecule has 0 unspecified atom stereocenters. The number of rotatable bonds is 2. The van der Waals surface area contributed by atoms with Crippen molar-refractivity contribution in [2.75, 3.05) is 0 Å². The van der Waals surface area contributed by atoms with Gasteiger partial charge in [0, 0.05) is 12.3 Å². The summed E-state index contributed by atoms with van der Waals surface area (Å²) in [5.41, 5.74) is 0. The predicted octanol–water partition coefficient (Wildman–Crippen LogP) is 0.123. The summed E-state index contributed by atoms with van der Waals surface area (Å²) in [5, 5.41) is -0.122. The first-order valence-corrected chi connectivity index (χ1v) is 5.68. The molecule has 0 bridgehead atoms. The zero-order valence-electron chi connectivity index (χ0n) is 7.66. The minimum absolute atomic E-state index is 0.0139. The minimum atomic E-state index is -3.62. The Kier molecular flexibility index (Phi) is 2.42. The molecule has 0 spiro atoms. The molecule has 15 heavy (non-hydrogen) atoms. The molecule has 0 amide bonds. The summed E-state index contributed by atoms with van der Waals surface area (Å²) >= 11 is 0. The second-order valence-corrected chi connectivity index (χ2v) is 4.57. The Morgan fingerprint density at radius 3 is 2.47 bits per heavy atom. The molecule has 0 aromatic carbocycles. The smallest absolute Gasteiger partial charge is 0.244 e. The van der Waals surface area contributed by atoms with Crippen molar-refractivity contribution < 1.29 is 13.4 Å². The van der Waals surface area contributed by atoms with Crippen LogP contribution in [0.4, 0.5) is 0 Å². The van der Waals surface area contributed by atoms with Crippen molar-refractivity contribution >= 4 is 9.84 Å². The largest absolute Gasteiger partial charge is 0.420 e. The Morgan fingerprint density at radius 1 is 1.07 bits per heavy atom. The molecule has 76 valence electrons. The molecule has 1 N–H and O–H groups in total. The van der Waals surface area contributed by atoms with E-state index in [0.717, 1.165) is 0 Å². The maximum absolute atomic E-state index is 11.9. The molecule has 5 nitrogen and oxygen atoms in total. The van der Waals surface area contributed by atoms with Crippen LogP contribution in [0.2, 0.25) is 0 Å². The zero-order valence-corrected chi connectivity index (χ0v) is 8.48. The highest BCUT2D eigenvalue weighted by Gasteiger charge is 2.27. The van der Waals surface area contributed by atoms with Gasteiger partial charge in [-0.25, -0.2) is 18.4 Å². The van der Waals surface area contributed by atoms with Crippen LogP contribution in [-0.2, 0) is 9.84 Å². The Bertz CT molecular complexity index is 495. The molecular weight excluding hydrogens is 214 g/mol. The van der Waals surface area contributed by atoms with Crippen molar-refractivity contribution in [2.24, 2.45) is 0 Å². The number of hydrogen-bond acceptors (Lipinski definition) is 4. The summed E-state index contributed by atoms with van der Waals surface area (Å²) in [6, 6.07) is 6.30. The van der Waals surface area contributed by atoms with E-state index < -0.39 is 9.84 Å². The van der Waals surface area contributed by atoms with Crippen LogP contribution in [0, 0.1) is 0 Å². The lowest BCUT2D eigenvalue weighted by atomic mass is 10.5. The van der Waals surface area contributed by atoms with Gasteiger partial charge in [0.25, 0.3) is 0 Å². The van der Waals surface area contributed by atoms with Crippen molar-refractivity contribution in [2.45, 2.75) is 10.2 Å². The summed E-state index contributed by atoms with van der Waals surface area (Å²) in [4.78, 5) is 10.1. The molecular formula is C9H8N3O2S+. The van der Waals surface area contributed by atoms with E-state index in [4.69, 9.17) is 0 Å². The molecule has 6 heteroatoms. The van der Waals surface area contributed by atoms with Crippen molar-refractivity contribution in [3.05, 3.63) is 42.9 Å². The number of pyridine rings is 1. The van der Waals surface area contributed by atoms with Gasteiger partial charge < -0.3 is 0 Å². The Hall–Kier alpha value is -1.82. The third-order valence-electron chi connectivity index (χ3n) is 1.75. The molecule has 0 saturated heterocycles. The SMILES string of the molecule is O=S(=O)(c1ccccn1)c1nccc[nH+]1. The molecule has 0 radical (unpaired) electrons. The van der Waals surface area contributed by atoms with Gasteiger partial charge in [0.1, 0.15) is 6.20 Å². The van der Waals surface area contributed by atoms with Gasteiger partial charge >= 0.3 is 15.0 Å². The maximum Gasteiger partial charge on any atom is 0.420 e. The zero-order chi connectivity index (χ0) is 10.7. The third kappa shape index (κ3) is 1.84. The normalized spacial score (nSPS) is 11.2. The molecule has 2 heterocycles. The van der Waals surface area contributed by atoms with Crippen LogP contribution in [0.3, 0.4) is 0 Å². The van der Waals surface area contributed by atoms with E-state index in [0.29, 0.717) is 0 Å². The summed E-state index contributed by atoms with van der Waals surface area (Å²) in [6.45, 7) is 0. The fourth-order valence-corrected chi connectivity index (χ4v) is 2.14. The molecule has 0 atom stereocenters. The standard InChI is InChI=1S/C9H7N3O2S/c13-15(14,8-4-1-2-5-10-8)9-11-6-3-7-12-9/h1-7H/p+1. The fraction of sp³-hybridized carbons (Fsp3) is 0. The molecule has 2 aromatic heterocycles. The topological polar surface area (TPSA) is 74.1 Å². The van der Waals surface area contributed by atoms with Crippen molar-refractivity contribution in [3.8, 4) is 0 Å². The second-order valence-electron chi connectivity index (χ2n) is 2.76. The lowest BCUT2D eigenvalue weighted by Crippen LogP contribution is -2.19. The van der Waals surface area contributed by atoms with Crippen LogP contribution in [0.5, 0.6) is 0 Å². The van der Waals surface area contributed by atoms with Gasteiger partial charge in [-0.3, -0.25) is 0 Å². The minimum Gasteiger partial charge on any atom is -0.244 e. The van der Waals surface area contributed by atoms with E-state index in [1.165, 1.54) is 24.7 Å². The molecule has 0 saturated carbocycles. The average Bonchev–Trinajstić information content (AvgIpc) is 2.31. The van der Waals surface area contributed by atoms with Crippen molar-refractivity contribution in [3.63, 3.8) is 0 Å². The molecule has 0 aliphatic heterocycles. The molecule has 2 rings (SSSR count). The van der Waals surface area contributed by atoms with Gasteiger partial charge in [-0.05, 0) is 17.1 Å². The number of nitrogens with zero attached hydrogens (tertiary/aromatic N) is 2. The van der Waals surface area contributed by atoms with Crippen LogP contribution in [0.1, 0.15) is 0 Å². The molecule has 0 aliphatic carbocycles. The third-order valence-corrected chi connectivity index (χ3v) is 3.27. The number of sulfone groups is 1. The maximum atomic E-state index is 11.9. The first-order chi connectivity index (χ1) is 7.21. The predicted molar refractivity (Wildman–Crippen MR) is 50.5 cm³/mol. The quantitative estimate of drug-likeness (QED) is 0.676. The van der Waals surface area contributed by atoms with Gasteiger partial charge in [0.05, 0.1) is 6.20 Å². The highest BCUT2D eigenvalue weighted by atomic mass is 32.2. The van der Waals surface area contributed by atoms with Crippen LogP contribution >= 0.6 is 0 Å². The first-order valence-electron chi connectivity index (χ1n) is 4.20. The van der Waals surface area contributed by atoms with Crippen LogP contribution in [-0.4, -0.2) is 18.4 Å². The number of aromatic amines is 1. The van der Waals surface area contributed by atoms with Crippen LogP contribution in [0.15, 0.2) is 53.0 Å². The Labute approximate surface area is 86.8 Å². The number of aromatic nitrogens is 3. The molecule has 2 aromatic rings. The summed E-state index contributed by atoms with van der Waals surface area (Å²) in [5.74, 6) is 0. The highest BCUT2D eigenvalue weighted by Crippen LogP contribution is 2.10. The monoisotopic (exact) mass is 222 g/mol. The van der Waals surface area contributed by atoms with E-state index in [2.05, 4.69) is 15.0 Å². The van der Waals surface area contributed by atoms with Crippen molar-refractivity contribution in [1.29, 1.82) is 0 Å². The van der Waals surface area contributed by atoms with Gasteiger partial charge in [0.15, 0.2) is 5.03 Å². The van der Waals surface area contributed by atoms with E-state index in [1.54, 1.807) is 18.2 Å². The lowest BCUT2D eigenvalue weighted by Gasteiger charge is -1.95. The van der Waals surface area contributed by atoms with E-state index in [1.807, 2.05) is 0 Å². The number of H-pyrrole nitrogens is 1. The van der Waals surface area contributed by atoms with E-state index in [-0.39, 0.29) is 10.2 Å². The van der Waals surface area contributed by atoms with Crippen LogP contribution in [0.25, 0.3) is 0 Å². The number of hydrogen-bond donors (Lipinski definition) is 0. The fourth-order valence-electron chi connectivity index (χ4n) is 1.06. The number of nitrogens with one attached hydrogen (secondary N) is 1. The average molecular weight is 222 g/mol. The van der Waals surface area contributed by atoms with E-state index >= 15 is 0 Å². The molecule has 0 fully saturated rings. The summed E-state index contributed by atoms with van der Waals surface area (Å²) in [6.07, 6.45) is 4.34. The van der Waals surface area contributed by atoms with Gasteiger partial charge in [0.2, 0.25) is 0 Å². The van der Waals surface area contributed by atoms with E-state index in [9.17, 15) is 8.42 Å². The highest BCUT2D eigenvalue weighted by molar-refractivity contribution is 7.91. The summed E-state index contributed by atoms with van der Waals surface area (Å²) in [7, 11) is -3.62. The van der Waals surface area contributed by atoms with Gasteiger partial charge in [-0.2, -0.15) is 0 Å². The van der Waals surface area contributed by atoms with Gasteiger partial charge in [-0.1, -0.05) is 6.07 Å². The Morgan fingerprint density at radius 2 is 1.87 bits per heavy atom. The van der Waals surface area contributed by atoms with Gasteiger partial charge in [-0.15, -0.1) is 0 Å².